The van der Waals surface area contributed by atoms with Crippen LogP contribution in [0.3, 0.4) is 0 Å². The first-order chi connectivity index (χ1) is 20.7. The summed E-state index contributed by atoms with van der Waals surface area (Å²) in [6.45, 7) is 7.97. The lowest BCUT2D eigenvalue weighted by molar-refractivity contribution is -0.109. The van der Waals surface area contributed by atoms with Crippen LogP contribution in [0.1, 0.15) is 65.0 Å². The van der Waals surface area contributed by atoms with E-state index in [9.17, 15) is 14.4 Å². The Labute approximate surface area is 255 Å². The van der Waals surface area contributed by atoms with Crippen LogP contribution in [0, 0.1) is 6.92 Å². The van der Waals surface area contributed by atoms with Gasteiger partial charge in [0.1, 0.15) is 5.82 Å². The SMILES string of the molecule is CCC(CC(C)NC(=O)c1ccc(C(N)=O)c(NCCCOC)c1)N(C)c1ccc(C)cn1.O=CNCc1ccccc1. The second-order valence-electron chi connectivity index (χ2n) is 10.4. The Balaban J connectivity index is 0.000000543. The summed E-state index contributed by atoms with van der Waals surface area (Å²) in [5.41, 5.74) is 9.12. The van der Waals surface area contributed by atoms with E-state index in [1.165, 1.54) is 0 Å². The maximum Gasteiger partial charge on any atom is 0.251 e. The van der Waals surface area contributed by atoms with Crippen molar-refractivity contribution >= 4 is 29.7 Å². The first-order valence-corrected chi connectivity index (χ1v) is 14.5. The third-order valence-electron chi connectivity index (χ3n) is 6.90. The highest BCUT2D eigenvalue weighted by Gasteiger charge is 2.20. The molecule has 232 valence electrons. The lowest BCUT2D eigenvalue weighted by Crippen LogP contribution is -2.40. The van der Waals surface area contributed by atoms with E-state index in [2.05, 4.69) is 32.8 Å². The van der Waals surface area contributed by atoms with E-state index < -0.39 is 5.91 Å². The van der Waals surface area contributed by atoms with Crippen LogP contribution in [0.5, 0.6) is 0 Å². The number of methoxy groups -OCH3 is 1. The molecule has 0 aliphatic heterocycles. The summed E-state index contributed by atoms with van der Waals surface area (Å²) in [7, 11) is 3.67. The Bertz CT molecular complexity index is 1270. The molecule has 0 radical (unpaired) electrons. The Hall–Kier alpha value is -4.44. The first-order valence-electron chi connectivity index (χ1n) is 14.5. The van der Waals surface area contributed by atoms with Gasteiger partial charge in [-0.2, -0.15) is 0 Å². The maximum absolute atomic E-state index is 12.9. The third kappa shape index (κ3) is 12.1. The highest BCUT2D eigenvalue weighted by Crippen LogP contribution is 2.20. The molecule has 0 fully saturated rings. The number of anilines is 2. The number of nitrogens with two attached hydrogens (primary N) is 1. The van der Waals surface area contributed by atoms with Crippen molar-refractivity contribution < 1.29 is 19.1 Å². The fourth-order valence-electron chi connectivity index (χ4n) is 4.47. The minimum atomic E-state index is -0.539. The summed E-state index contributed by atoms with van der Waals surface area (Å²) in [6.07, 6.45) is 5.03. The van der Waals surface area contributed by atoms with Gasteiger partial charge >= 0.3 is 0 Å². The number of hydrogen-bond acceptors (Lipinski definition) is 7. The standard InChI is InChI=1S/C25H37N5O3.C8H9NO/c1-6-20(30(4)23-11-8-17(2)16-28-23)14-18(3)29-25(32)19-9-10-21(24(26)31)22(15-19)27-12-7-13-33-5;10-7-9-6-8-4-2-1-3-5-8/h8-11,15-16,18,20,27H,6-7,12-14H2,1-5H3,(H2,26,31)(H,29,32);1-5,7H,6H2,(H,9,10). The molecule has 0 aliphatic carbocycles. The minimum absolute atomic E-state index is 0.0516. The van der Waals surface area contributed by atoms with Crippen LogP contribution in [0.4, 0.5) is 11.5 Å². The van der Waals surface area contributed by atoms with E-state index in [0.29, 0.717) is 42.9 Å². The molecule has 2 unspecified atom stereocenters. The van der Waals surface area contributed by atoms with Crippen molar-refractivity contribution in [1.82, 2.24) is 15.6 Å². The molecule has 1 heterocycles. The summed E-state index contributed by atoms with van der Waals surface area (Å²) in [5, 5.41) is 8.84. The fraction of sp³-hybridized carbons (Fsp3) is 0.394. The normalized spacial score (nSPS) is 11.7. The van der Waals surface area contributed by atoms with Gasteiger partial charge in [-0.15, -0.1) is 0 Å². The number of ether oxygens (including phenoxy) is 1. The molecule has 0 bridgehead atoms. The molecule has 43 heavy (non-hydrogen) atoms. The highest BCUT2D eigenvalue weighted by molar-refractivity contribution is 6.02. The molecule has 2 atom stereocenters. The lowest BCUT2D eigenvalue weighted by Gasteiger charge is -2.30. The quantitative estimate of drug-likeness (QED) is 0.144. The summed E-state index contributed by atoms with van der Waals surface area (Å²) in [4.78, 5) is 41.2. The zero-order valence-corrected chi connectivity index (χ0v) is 25.9. The summed E-state index contributed by atoms with van der Waals surface area (Å²) >= 11 is 0. The van der Waals surface area contributed by atoms with Crippen molar-refractivity contribution in [2.75, 3.05) is 37.5 Å². The largest absolute Gasteiger partial charge is 0.385 e. The van der Waals surface area contributed by atoms with Crippen LogP contribution in [0.15, 0.2) is 66.9 Å². The summed E-state index contributed by atoms with van der Waals surface area (Å²) in [6, 6.07) is 18.9. The molecule has 3 amide bonds. The molecule has 1 aromatic heterocycles. The van der Waals surface area contributed by atoms with Gasteiger partial charge in [0, 0.05) is 63.4 Å². The monoisotopic (exact) mass is 590 g/mol. The number of carbonyl (C=O) groups is 3. The number of benzene rings is 2. The van der Waals surface area contributed by atoms with Crippen LogP contribution in [-0.4, -0.2) is 62.6 Å². The topological polar surface area (TPSA) is 139 Å². The average molecular weight is 591 g/mol. The number of hydrogen-bond donors (Lipinski definition) is 4. The lowest BCUT2D eigenvalue weighted by atomic mass is 10.0. The summed E-state index contributed by atoms with van der Waals surface area (Å²) < 4.78 is 5.05. The van der Waals surface area contributed by atoms with Gasteiger partial charge in [-0.1, -0.05) is 43.3 Å². The van der Waals surface area contributed by atoms with Gasteiger partial charge in [0.2, 0.25) is 6.41 Å². The molecular formula is C33H46N6O4. The van der Waals surface area contributed by atoms with Crippen molar-refractivity contribution in [3.63, 3.8) is 0 Å². The first kappa shape index (κ1) is 34.8. The molecule has 0 aliphatic rings. The maximum atomic E-state index is 12.9. The van der Waals surface area contributed by atoms with E-state index in [4.69, 9.17) is 10.5 Å². The van der Waals surface area contributed by atoms with Crippen LogP contribution in [0.2, 0.25) is 0 Å². The van der Waals surface area contributed by atoms with E-state index in [-0.39, 0.29) is 18.0 Å². The predicted molar refractivity (Wildman–Crippen MR) is 172 cm³/mol. The second kappa shape index (κ2) is 18.9. The molecule has 3 rings (SSSR count). The van der Waals surface area contributed by atoms with Crippen LogP contribution in [0.25, 0.3) is 0 Å². The molecule has 2 aromatic carbocycles. The van der Waals surface area contributed by atoms with Gasteiger partial charge in [-0.3, -0.25) is 14.4 Å². The van der Waals surface area contributed by atoms with Crippen molar-refractivity contribution in [3.8, 4) is 0 Å². The predicted octanol–water partition coefficient (Wildman–Crippen LogP) is 4.29. The molecule has 10 nitrogen and oxygen atoms in total. The molecular weight excluding hydrogens is 544 g/mol. The van der Waals surface area contributed by atoms with Crippen LogP contribution >= 0.6 is 0 Å². The van der Waals surface area contributed by atoms with E-state index >= 15 is 0 Å². The molecule has 3 aromatic rings. The second-order valence-corrected chi connectivity index (χ2v) is 10.4. The fourth-order valence-corrected chi connectivity index (χ4v) is 4.47. The highest BCUT2D eigenvalue weighted by atomic mass is 16.5. The minimum Gasteiger partial charge on any atom is -0.385 e. The van der Waals surface area contributed by atoms with E-state index in [0.717, 1.165) is 36.2 Å². The number of aryl methyl sites for hydroxylation is 1. The Kier molecular flexibility index (Phi) is 15.3. The molecule has 0 saturated heterocycles. The molecule has 10 heteroatoms. The van der Waals surface area contributed by atoms with E-state index in [1.54, 1.807) is 25.3 Å². The van der Waals surface area contributed by atoms with E-state index in [1.807, 2.05) is 69.6 Å². The third-order valence-corrected chi connectivity index (χ3v) is 6.90. The van der Waals surface area contributed by atoms with Crippen molar-refractivity contribution in [3.05, 3.63) is 89.1 Å². The number of nitrogens with zero attached hydrogens (tertiary/aromatic N) is 2. The van der Waals surface area contributed by atoms with Crippen molar-refractivity contribution in [2.45, 2.75) is 58.7 Å². The number of rotatable bonds is 16. The van der Waals surface area contributed by atoms with Gasteiger partial charge in [0.15, 0.2) is 0 Å². The van der Waals surface area contributed by atoms with Gasteiger partial charge in [0.25, 0.3) is 11.8 Å². The number of aromatic nitrogens is 1. The molecule has 0 spiro atoms. The number of primary amides is 1. The Morgan fingerprint density at radius 2 is 1.86 bits per heavy atom. The number of nitrogens with one attached hydrogen (secondary N) is 3. The molecule has 5 N–H and O–H groups in total. The average Bonchev–Trinajstić information content (AvgIpc) is 3.01. The Morgan fingerprint density at radius 3 is 2.47 bits per heavy atom. The number of pyridine rings is 1. The van der Waals surface area contributed by atoms with Gasteiger partial charge in [-0.05, 0) is 68.5 Å². The van der Waals surface area contributed by atoms with Gasteiger partial charge < -0.3 is 31.3 Å². The Morgan fingerprint density at radius 1 is 1.12 bits per heavy atom. The van der Waals surface area contributed by atoms with Crippen LogP contribution < -0.4 is 26.6 Å². The zero-order chi connectivity index (χ0) is 31.6. The summed E-state index contributed by atoms with van der Waals surface area (Å²) in [5.74, 6) is 0.185. The molecule has 0 saturated carbocycles. The zero-order valence-electron chi connectivity index (χ0n) is 25.9. The smallest absolute Gasteiger partial charge is 0.251 e. The number of carbonyl (C=O) groups excluding carboxylic acids is 3. The van der Waals surface area contributed by atoms with Gasteiger partial charge in [0.05, 0.1) is 5.56 Å². The van der Waals surface area contributed by atoms with Crippen molar-refractivity contribution in [2.24, 2.45) is 5.73 Å². The number of amides is 3. The van der Waals surface area contributed by atoms with Crippen molar-refractivity contribution in [1.29, 1.82) is 0 Å². The van der Waals surface area contributed by atoms with Crippen LogP contribution in [-0.2, 0) is 16.1 Å². The van der Waals surface area contributed by atoms with Gasteiger partial charge in [-0.25, -0.2) is 4.98 Å².